The summed E-state index contributed by atoms with van der Waals surface area (Å²) in [5, 5.41) is 5.08. The number of nitrogens with zero attached hydrogens (tertiary/aromatic N) is 3. The first-order valence-corrected chi connectivity index (χ1v) is 9.53. The van der Waals surface area contributed by atoms with Crippen LogP contribution in [0.3, 0.4) is 0 Å². The third-order valence-electron chi connectivity index (χ3n) is 3.65. The highest BCUT2D eigenvalue weighted by atomic mass is 35.5. The first-order valence-electron chi connectivity index (χ1n) is 7.26. The molecule has 0 amide bonds. The molecule has 1 heterocycles. The number of aromatic nitrogens is 3. The average Bonchev–Trinajstić information content (AvgIpc) is 2.91. The van der Waals surface area contributed by atoms with E-state index in [1.807, 2.05) is 25.1 Å². The Bertz CT molecular complexity index is 1010. The SMILES string of the molecule is Cc1nc(-c2ccc(S(C)(=O)=O)cc2)n(-c2ccc(C)c(Cl)c2)n1. The topological polar surface area (TPSA) is 64.8 Å². The summed E-state index contributed by atoms with van der Waals surface area (Å²) < 4.78 is 24.9. The zero-order chi connectivity index (χ0) is 17.5. The van der Waals surface area contributed by atoms with Crippen molar-refractivity contribution in [3.63, 3.8) is 0 Å². The summed E-state index contributed by atoms with van der Waals surface area (Å²) in [5.74, 6) is 1.25. The largest absolute Gasteiger partial charge is 0.224 e. The van der Waals surface area contributed by atoms with Crippen molar-refractivity contribution >= 4 is 21.4 Å². The van der Waals surface area contributed by atoms with Crippen LogP contribution in [-0.4, -0.2) is 29.4 Å². The smallest absolute Gasteiger partial charge is 0.175 e. The van der Waals surface area contributed by atoms with Crippen molar-refractivity contribution in [1.82, 2.24) is 14.8 Å². The molecule has 24 heavy (non-hydrogen) atoms. The van der Waals surface area contributed by atoms with Crippen molar-refractivity contribution in [2.75, 3.05) is 6.26 Å². The zero-order valence-electron chi connectivity index (χ0n) is 13.5. The Hall–Kier alpha value is -2.18. The second-order valence-corrected chi connectivity index (χ2v) is 8.05. The molecule has 0 saturated heterocycles. The zero-order valence-corrected chi connectivity index (χ0v) is 15.1. The maximum Gasteiger partial charge on any atom is 0.175 e. The quantitative estimate of drug-likeness (QED) is 0.714. The molecule has 0 aliphatic carbocycles. The molecule has 0 spiro atoms. The monoisotopic (exact) mass is 361 g/mol. The van der Waals surface area contributed by atoms with Crippen LogP contribution in [0, 0.1) is 13.8 Å². The predicted molar refractivity (Wildman–Crippen MR) is 94.4 cm³/mol. The van der Waals surface area contributed by atoms with Gasteiger partial charge in [-0.2, -0.15) is 5.10 Å². The van der Waals surface area contributed by atoms with Crippen LogP contribution in [0.15, 0.2) is 47.4 Å². The van der Waals surface area contributed by atoms with E-state index < -0.39 is 9.84 Å². The van der Waals surface area contributed by atoms with Gasteiger partial charge in [0.1, 0.15) is 5.82 Å². The molecule has 3 rings (SSSR count). The minimum Gasteiger partial charge on any atom is -0.224 e. The van der Waals surface area contributed by atoms with Gasteiger partial charge in [-0.05, 0) is 55.8 Å². The van der Waals surface area contributed by atoms with E-state index in [2.05, 4.69) is 10.1 Å². The fourth-order valence-corrected chi connectivity index (χ4v) is 3.15. The molecular weight excluding hydrogens is 346 g/mol. The van der Waals surface area contributed by atoms with Gasteiger partial charge in [0.2, 0.25) is 0 Å². The van der Waals surface area contributed by atoms with Crippen LogP contribution < -0.4 is 0 Å². The van der Waals surface area contributed by atoms with Gasteiger partial charge >= 0.3 is 0 Å². The van der Waals surface area contributed by atoms with E-state index in [0.29, 0.717) is 16.7 Å². The van der Waals surface area contributed by atoms with Gasteiger partial charge in [0.15, 0.2) is 15.7 Å². The van der Waals surface area contributed by atoms with Gasteiger partial charge in [-0.3, -0.25) is 0 Å². The first kappa shape index (κ1) is 16.7. The second-order valence-electron chi connectivity index (χ2n) is 5.62. The molecule has 1 aromatic heterocycles. The van der Waals surface area contributed by atoms with Crippen LogP contribution in [-0.2, 0) is 9.84 Å². The number of halogens is 1. The lowest BCUT2D eigenvalue weighted by Gasteiger charge is -2.08. The van der Waals surface area contributed by atoms with E-state index in [0.717, 1.165) is 16.8 Å². The van der Waals surface area contributed by atoms with Gasteiger partial charge in [0.05, 0.1) is 10.6 Å². The maximum atomic E-state index is 11.6. The summed E-state index contributed by atoms with van der Waals surface area (Å²) >= 11 is 6.21. The second kappa shape index (κ2) is 6.03. The molecular formula is C17H16ClN3O2S. The molecule has 124 valence electrons. The summed E-state index contributed by atoms with van der Waals surface area (Å²) in [7, 11) is -3.23. The number of hydrogen-bond donors (Lipinski definition) is 0. The molecule has 0 radical (unpaired) electrons. The number of aryl methyl sites for hydroxylation is 2. The van der Waals surface area contributed by atoms with Crippen LogP contribution in [0.5, 0.6) is 0 Å². The van der Waals surface area contributed by atoms with Gasteiger partial charge in [0.25, 0.3) is 0 Å². The summed E-state index contributed by atoms with van der Waals surface area (Å²) in [6, 6.07) is 12.3. The van der Waals surface area contributed by atoms with Crippen LogP contribution in [0.1, 0.15) is 11.4 Å². The molecule has 0 atom stereocenters. The van der Waals surface area contributed by atoms with Crippen LogP contribution in [0.2, 0.25) is 5.02 Å². The van der Waals surface area contributed by atoms with Crippen molar-refractivity contribution in [2.45, 2.75) is 18.7 Å². The third kappa shape index (κ3) is 3.20. The molecule has 3 aromatic rings. The number of benzene rings is 2. The number of sulfone groups is 1. The van der Waals surface area contributed by atoms with E-state index in [1.54, 1.807) is 35.9 Å². The number of hydrogen-bond acceptors (Lipinski definition) is 4. The Balaban J connectivity index is 2.11. The molecule has 0 aliphatic heterocycles. The normalized spacial score (nSPS) is 11.7. The van der Waals surface area contributed by atoms with Crippen molar-refractivity contribution in [3.8, 4) is 17.1 Å². The summed E-state index contributed by atoms with van der Waals surface area (Å²) in [5.41, 5.74) is 2.56. The molecule has 0 bridgehead atoms. The highest BCUT2D eigenvalue weighted by Crippen LogP contribution is 2.25. The minimum atomic E-state index is -3.23. The fourth-order valence-electron chi connectivity index (χ4n) is 2.35. The molecule has 2 aromatic carbocycles. The van der Waals surface area contributed by atoms with Crippen LogP contribution >= 0.6 is 11.6 Å². The predicted octanol–water partition coefficient (Wildman–Crippen LogP) is 3.61. The highest BCUT2D eigenvalue weighted by Gasteiger charge is 2.14. The lowest BCUT2D eigenvalue weighted by Crippen LogP contribution is -2.01. The van der Waals surface area contributed by atoms with Crippen LogP contribution in [0.4, 0.5) is 0 Å². The van der Waals surface area contributed by atoms with Gasteiger partial charge in [0, 0.05) is 16.8 Å². The van der Waals surface area contributed by atoms with Crippen molar-refractivity contribution in [2.24, 2.45) is 0 Å². The van der Waals surface area contributed by atoms with E-state index in [9.17, 15) is 8.42 Å². The molecule has 0 aliphatic rings. The summed E-state index contributed by atoms with van der Waals surface area (Å²) in [4.78, 5) is 4.73. The Kier molecular flexibility index (Phi) is 4.19. The molecule has 0 fully saturated rings. The Morgan fingerprint density at radius 3 is 2.29 bits per heavy atom. The van der Waals surface area contributed by atoms with Gasteiger partial charge in [-0.1, -0.05) is 17.7 Å². The Morgan fingerprint density at radius 2 is 1.71 bits per heavy atom. The standard InChI is InChI=1S/C17H16ClN3O2S/c1-11-4-7-14(10-16(11)18)21-17(19-12(2)20-21)13-5-8-15(9-6-13)24(3,22)23/h4-10H,1-3H3. The van der Waals surface area contributed by atoms with Crippen molar-refractivity contribution < 1.29 is 8.42 Å². The van der Waals surface area contributed by atoms with Crippen molar-refractivity contribution in [3.05, 3.63) is 58.9 Å². The summed E-state index contributed by atoms with van der Waals surface area (Å²) in [6.45, 7) is 3.74. The lowest BCUT2D eigenvalue weighted by atomic mass is 10.2. The van der Waals surface area contributed by atoms with E-state index in [1.165, 1.54) is 6.26 Å². The third-order valence-corrected chi connectivity index (χ3v) is 5.19. The molecule has 7 heteroatoms. The van der Waals surface area contributed by atoms with E-state index in [-0.39, 0.29) is 4.90 Å². The molecule has 5 nitrogen and oxygen atoms in total. The van der Waals surface area contributed by atoms with Crippen molar-refractivity contribution in [1.29, 1.82) is 0 Å². The van der Waals surface area contributed by atoms with Gasteiger partial charge in [-0.25, -0.2) is 18.1 Å². The van der Waals surface area contributed by atoms with Gasteiger partial charge in [-0.15, -0.1) is 0 Å². The van der Waals surface area contributed by atoms with E-state index in [4.69, 9.17) is 11.6 Å². The highest BCUT2D eigenvalue weighted by molar-refractivity contribution is 7.90. The fraction of sp³-hybridized carbons (Fsp3) is 0.176. The average molecular weight is 362 g/mol. The van der Waals surface area contributed by atoms with E-state index >= 15 is 0 Å². The Labute approximate surface area is 145 Å². The Morgan fingerprint density at radius 1 is 1.04 bits per heavy atom. The number of rotatable bonds is 3. The lowest BCUT2D eigenvalue weighted by molar-refractivity contribution is 0.602. The minimum absolute atomic E-state index is 0.271. The molecule has 0 saturated carbocycles. The van der Waals surface area contributed by atoms with Crippen LogP contribution in [0.25, 0.3) is 17.1 Å². The van der Waals surface area contributed by atoms with Gasteiger partial charge < -0.3 is 0 Å². The summed E-state index contributed by atoms with van der Waals surface area (Å²) in [6.07, 6.45) is 1.18. The maximum absolute atomic E-state index is 11.6. The molecule has 0 N–H and O–H groups in total. The first-order chi connectivity index (χ1) is 11.3. The molecule has 0 unspecified atom stereocenters.